The van der Waals surface area contributed by atoms with Crippen LogP contribution >= 0.6 is 0 Å². The lowest BCUT2D eigenvalue weighted by atomic mass is 9.95. The second kappa shape index (κ2) is 36.3. The molecule has 1 aromatic heterocycles. The Morgan fingerprint density at radius 2 is 0.800 bits per heavy atom. The van der Waals surface area contributed by atoms with Gasteiger partial charge in [0, 0.05) is 37.4 Å². The van der Waals surface area contributed by atoms with Crippen LogP contribution in [0.4, 0.5) is 16.2 Å². The fourth-order valence-electron chi connectivity index (χ4n) is 12.0. The molecule has 0 saturated carbocycles. The Morgan fingerprint density at radius 1 is 0.400 bits per heavy atom. The van der Waals surface area contributed by atoms with E-state index >= 15 is 0 Å². The summed E-state index contributed by atoms with van der Waals surface area (Å²) in [5.74, 6) is 6.44. The van der Waals surface area contributed by atoms with Gasteiger partial charge in [0.1, 0.15) is 17.1 Å². The van der Waals surface area contributed by atoms with E-state index in [0.717, 1.165) is 68.1 Å². The highest BCUT2D eigenvalue weighted by molar-refractivity contribution is 5.89. The minimum atomic E-state index is -0.452. The molecule has 0 saturated heterocycles. The first-order valence-corrected chi connectivity index (χ1v) is 35.7. The second-order valence-corrected chi connectivity index (χ2v) is 29.2. The third kappa shape index (κ3) is 22.9. The van der Waals surface area contributed by atoms with Gasteiger partial charge in [0.25, 0.3) is 0 Å². The molecule has 0 unspecified atom stereocenters. The highest BCUT2D eigenvalue weighted by atomic mass is 16.6. The number of carbonyl (C=O) groups is 1. The molecule has 1 amide bonds. The van der Waals surface area contributed by atoms with E-state index in [2.05, 4.69) is 278 Å². The standard InChI is InChI=1S/C17H25NO2.C13H19N.C13H14.C12H13N.2C12H16O.C9H12/c1-12(2)13-8-9-15-14(11-13)7-6-10-18(15)16(19)20-17(3,4)5;1-10(2)11-6-7-13-12(9-11)5-4-8-14(13)3;1-10(2)12-8-7-11-5-3-4-6-13(11)9-12;3*1-9(2)10-5-6-12-11(8-10)4-3-7-13-12;1-8(2)9-6-4-3-5-7-9/h8-9,11-12H,6-7,10H2,1-5H3;6-7,9-10H,4-5,8H2,1-3H3;3-10H,1-2H3;3-9H,1-2H3;2*5-6,8-9H,3-4,7H2,1-2H3;3-8H,1-2H3. The summed E-state index contributed by atoms with van der Waals surface area (Å²) in [6, 6.07) is 62.8. The van der Waals surface area contributed by atoms with Crippen molar-refractivity contribution in [3.05, 3.63) is 243 Å². The summed E-state index contributed by atoms with van der Waals surface area (Å²) in [4.78, 5) is 20.7. The first-order chi connectivity index (χ1) is 45.3. The molecule has 0 atom stereocenters. The van der Waals surface area contributed by atoms with Gasteiger partial charge in [-0.2, -0.15) is 0 Å². The largest absolute Gasteiger partial charge is 0.493 e. The molecule has 4 aliphatic heterocycles. The third-order valence-corrected chi connectivity index (χ3v) is 18.0. The topological polar surface area (TPSA) is 64.1 Å². The van der Waals surface area contributed by atoms with Crippen molar-refractivity contribution in [2.75, 3.05) is 43.2 Å². The zero-order chi connectivity index (χ0) is 68.8. The highest BCUT2D eigenvalue weighted by Crippen LogP contribution is 2.34. The Morgan fingerprint density at radius 3 is 1.31 bits per heavy atom. The number of hydrogen-bond donors (Lipinski definition) is 0. The van der Waals surface area contributed by atoms with Gasteiger partial charge in [0.2, 0.25) is 0 Å². The van der Waals surface area contributed by atoms with Gasteiger partial charge in [-0.3, -0.25) is 9.88 Å². The van der Waals surface area contributed by atoms with E-state index in [1.807, 2.05) is 39.1 Å². The monoisotopic (exact) mass is 1280 g/mol. The van der Waals surface area contributed by atoms with Gasteiger partial charge >= 0.3 is 6.09 Å². The van der Waals surface area contributed by atoms with Crippen LogP contribution in [0.25, 0.3) is 21.7 Å². The molecule has 0 bridgehead atoms. The molecular weight excluding hydrogens is 1160 g/mol. The minimum absolute atomic E-state index is 0.240. The molecule has 9 aromatic rings. The number of rotatable bonds is 7. The van der Waals surface area contributed by atoms with E-state index in [4.69, 9.17) is 14.2 Å². The van der Waals surface area contributed by atoms with E-state index in [0.29, 0.717) is 41.4 Å². The normalized spacial score (nSPS) is 13.7. The predicted octanol–water partition coefficient (Wildman–Crippen LogP) is 24.1. The second-order valence-electron chi connectivity index (χ2n) is 29.2. The van der Waals surface area contributed by atoms with Gasteiger partial charge in [0.15, 0.2) is 0 Å². The van der Waals surface area contributed by atoms with Crippen molar-refractivity contribution in [1.82, 2.24) is 4.98 Å². The molecule has 7 nitrogen and oxygen atoms in total. The molecule has 8 aromatic carbocycles. The first-order valence-electron chi connectivity index (χ1n) is 35.7. The fourth-order valence-corrected chi connectivity index (χ4v) is 12.0. The zero-order valence-electron chi connectivity index (χ0n) is 61.3. The number of aryl methyl sites for hydroxylation is 4. The van der Waals surface area contributed by atoms with E-state index in [1.54, 1.807) is 4.90 Å². The quantitative estimate of drug-likeness (QED) is 0.158. The molecule has 0 spiro atoms. The number of anilines is 2. The van der Waals surface area contributed by atoms with Crippen LogP contribution in [-0.4, -0.2) is 50.0 Å². The van der Waals surface area contributed by atoms with Crippen LogP contribution in [0.5, 0.6) is 11.5 Å². The summed E-state index contributed by atoms with van der Waals surface area (Å²) in [5, 5.41) is 3.90. The van der Waals surface area contributed by atoms with Crippen molar-refractivity contribution in [3.8, 4) is 11.5 Å². The molecule has 5 heterocycles. The summed E-state index contributed by atoms with van der Waals surface area (Å²) >= 11 is 0. The number of ether oxygens (including phenoxy) is 3. The predicted molar refractivity (Wildman–Crippen MR) is 408 cm³/mol. The summed E-state index contributed by atoms with van der Waals surface area (Å²) in [7, 11) is 2.19. The average Bonchev–Trinajstić information content (AvgIpc) is 0.838. The summed E-state index contributed by atoms with van der Waals surface area (Å²) in [5.41, 5.74) is 18.5. The van der Waals surface area contributed by atoms with Crippen LogP contribution in [0, 0.1) is 0 Å². The Kier molecular flexibility index (Phi) is 28.4. The van der Waals surface area contributed by atoms with E-state index < -0.39 is 5.60 Å². The van der Waals surface area contributed by atoms with Crippen molar-refractivity contribution >= 4 is 39.1 Å². The lowest BCUT2D eigenvalue weighted by Gasteiger charge is -2.32. The molecule has 0 N–H and O–H groups in total. The average molecular weight is 1280 g/mol. The van der Waals surface area contributed by atoms with Crippen molar-refractivity contribution < 1.29 is 19.0 Å². The summed E-state index contributed by atoms with van der Waals surface area (Å²) in [6.07, 6.45) is 10.8. The van der Waals surface area contributed by atoms with Crippen molar-refractivity contribution in [2.24, 2.45) is 0 Å². The van der Waals surface area contributed by atoms with Crippen molar-refractivity contribution in [2.45, 2.75) is 216 Å². The zero-order valence-corrected chi connectivity index (χ0v) is 61.3. The lowest BCUT2D eigenvalue weighted by molar-refractivity contribution is 0.0577. The Balaban J connectivity index is 0.000000158. The van der Waals surface area contributed by atoms with Gasteiger partial charge in [-0.05, 0) is 228 Å². The maximum absolute atomic E-state index is 12.3. The number of fused-ring (bicyclic) bond motifs is 6. The number of benzene rings is 8. The van der Waals surface area contributed by atoms with Crippen LogP contribution in [0.1, 0.15) is 246 Å². The van der Waals surface area contributed by atoms with E-state index in [9.17, 15) is 4.79 Å². The summed E-state index contributed by atoms with van der Waals surface area (Å²) in [6.45, 7) is 40.5. The number of aromatic nitrogens is 1. The van der Waals surface area contributed by atoms with Gasteiger partial charge in [0.05, 0.1) is 24.4 Å². The maximum atomic E-state index is 12.3. The van der Waals surface area contributed by atoms with Gasteiger partial charge < -0.3 is 19.1 Å². The Hall–Kier alpha value is -7.90. The van der Waals surface area contributed by atoms with Gasteiger partial charge in [-0.1, -0.05) is 230 Å². The molecule has 0 radical (unpaired) electrons. The lowest BCUT2D eigenvalue weighted by Crippen LogP contribution is -2.39. The number of nitrogens with zero attached hydrogens (tertiary/aromatic N) is 3. The van der Waals surface area contributed by atoms with Crippen LogP contribution in [-0.2, 0) is 30.4 Å². The molecule has 95 heavy (non-hydrogen) atoms. The van der Waals surface area contributed by atoms with E-state index in [1.165, 1.54) is 115 Å². The van der Waals surface area contributed by atoms with E-state index in [-0.39, 0.29) is 6.09 Å². The Labute approximate surface area is 574 Å². The van der Waals surface area contributed by atoms with Gasteiger partial charge in [-0.25, -0.2) is 4.79 Å². The van der Waals surface area contributed by atoms with Crippen LogP contribution < -0.4 is 19.3 Å². The third-order valence-electron chi connectivity index (χ3n) is 18.0. The fraction of sp³-hybridized carbons (Fsp3) is 0.432. The van der Waals surface area contributed by atoms with Crippen molar-refractivity contribution in [3.63, 3.8) is 0 Å². The maximum Gasteiger partial charge on any atom is 0.414 e. The number of pyridine rings is 1. The Bertz CT molecular complexity index is 3670. The molecule has 0 aliphatic carbocycles. The van der Waals surface area contributed by atoms with Gasteiger partial charge in [-0.15, -0.1) is 0 Å². The van der Waals surface area contributed by atoms with Crippen molar-refractivity contribution in [1.29, 1.82) is 0 Å². The van der Waals surface area contributed by atoms with Crippen LogP contribution in [0.2, 0.25) is 0 Å². The smallest absolute Gasteiger partial charge is 0.414 e. The number of amides is 1. The molecule has 0 fully saturated rings. The summed E-state index contributed by atoms with van der Waals surface area (Å²) < 4.78 is 16.6. The SMILES string of the molecule is CC(C)c1ccc2c(c1)CCCN2C.CC(C)c1ccc2c(c1)CCCN2C(=O)OC(C)(C)C.CC(C)c1ccc2c(c1)CCCO2.CC(C)c1ccc2c(c1)CCCO2.CC(C)c1ccc2ccccc2c1.CC(C)c1ccc2ncccc2c1.CC(C)c1ccccc1. The molecular formula is C88H115N3O4. The van der Waals surface area contributed by atoms with Crippen LogP contribution in [0.15, 0.2) is 182 Å². The first kappa shape index (κ1) is 74.5. The highest BCUT2D eigenvalue weighted by Gasteiger charge is 2.28. The molecule has 506 valence electrons. The molecule has 4 aliphatic rings. The number of carbonyl (C=O) groups excluding carboxylic acids is 1. The number of hydrogen-bond acceptors (Lipinski definition) is 6. The molecule has 13 rings (SSSR count). The minimum Gasteiger partial charge on any atom is -0.493 e. The molecule has 7 heteroatoms. The van der Waals surface area contributed by atoms with Crippen LogP contribution in [0.3, 0.4) is 0 Å².